The molecule has 0 saturated carbocycles. The van der Waals surface area contributed by atoms with Crippen molar-refractivity contribution in [1.82, 2.24) is 9.62 Å². The standard InChI is InChI=1S/C17H17F3N2O3S2/c1-11(16(23)22-8-6-14-12(10-22)7-9-26-14)21-27(24,25)15-5-3-2-4-13(15)17(18,19)20/h2-5,7,9,11,21H,6,8,10H2,1H3/t11-/m0/s1. The summed E-state index contributed by atoms with van der Waals surface area (Å²) >= 11 is 1.60. The normalized spacial score (nSPS) is 16.1. The number of halogens is 3. The molecule has 3 rings (SSSR count). The predicted octanol–water partition coefficient (Wildman–Crippen LogP) is 3.02. The van der Waals surface area contributed by atoms with Crippen molar-refractivity contribution in [3.63, 3.8) is 0 Å². The molecule has 0 bridgehead atoms. The first-order valence-electron chi connectivity index (χ1n) is 8.12. The number of nitrogens with zero attached hydrogens (tertiary/aromatic N) is 1. The number of hydrogen-bond acceptors (Lipinski definition) is 4. The van der Waals surface area contributed by atoms with Gasteiger partial charge in [0.1, 0.15) is 0 Å². The largest absolute Gasteiger partial charge is 0.417 e. The fourth-order valence-corrected chi connectivity index (χ4v) is 5.31. The molecular weight excluding hydrogens is 401 g/mol. The second-order valence-corrected chi connectivity index (χ2v) is 8.90. The van der Waals surface area contributed by atoms with E-state index in [4.69, 9.17) is 0 Å². The number of fused-ring (bicyclic) bond motifs is 1. The highest BCUT2D eigenvalue weighted by atomic mass is 32.2. The van der Waals surface area contributed by atoms with Crippen LogP contribution in [0.1, 0.15) is 22.9 Å². The molecule has 5 nitrogen and oxygen atoms in total. The first-order chi connectivity index (χ1) is 12.6. The van der Waals surface area contributed by atoms with Crippen molar-refractivity contribution in [2.45, 2.75) is 37.0 Å². The van der Waals surface area contributed by atoms with E-state index in [0.717, 1.165) is 17.7 Å². The quantitative estimate of drug-likeness (QED) is 0.830. The van der Waals surface area contributed by atoms with Crippen LogP contribution < -0.4 is 4.72 Å². The molecule has 10 heteroatoms. The van der Waals surface area contributed by atoms with Gasteiger partial charge in [-0.1, -0.05) is 12.1 Å². The molecular formula is C17H17F3N2O3S2. The van der Waals surface area contributed by atoms with E-state index in [1.54, 1.807) is 11.3 Å². The Labute approximate surface area is 158 Å². The maximum atomic E-state index is 13.1. The topological polar surface area (TPSA) is 66.5 Å². The zero-order chi connectivity index (χ0) is 19.8. The summed E-state index contributed by atoms with van der Waals surface area (Å²) in [5.41, 5.74) is -0.255. The minimum absolute atomic E-state index is 0.364. The maximum absolute atomic E-state index is 13.1. The number of alkyl halides is 3. The van der Waals surface area contributed by atoms with Gasteiger partial charge in [0, 0.05) is 18.0 Å². The lowest BCUT2D eigenvalue weighted by atomic mass is 10.1. The van der Waals surface area contributed by atoms with Gasteiger partial charge in [0.05, 0.1) is 16.5 Å². The molecule has 1 aliphatic rings. The lowest BCUT2D eigenvalue weighted by Crippen LogP contribution is -2.48. The molecule has 1 amide bonds. The third-order valence-corrected chi connectivity index (χ3v) is 6.93. The van der Waals surface area contributed by atoms with Crippen LogP contribution in [0.5, 0.6) is 0 Å². The molecule has 0 spiro atoms. The minimum Gasteiger partial charge on any atom is -0.337 e. The summed E-state index contributed by atoms with van der Waals surface area (Å²) in [6, 6.07) is 4.62. The number of rotatable bonds is 4. The zero-order valence-corrected chi connectivity index (χ0v) is 15.9. The zero-order valence-electron chi connectivity index (χ0n) is 14.3. The Morgan fingerprint density at radius 1 is 1.26 bits per heavy atom. The Balaban J connectivity index is 1.78. The second kappa shape index (κ2) is 7.25. The number of hydrogen-bond donors (Lipinski definition) is 1. The molecule has 0 saturated heterocycles. The lowest BCUT2D eigenvalue weighted by molar-refractivity contribution is -0.139. The molecule has 2 aromatic rings. The number of nitrogens with one attached hydrogen (secondary N) is 1. The Morgan fingerprint density at radius 3 is 2.67 bits per heavy atom. The van der Waals surface area contributed by atoms with Crippen molar-refractivity contribution >= 4 is 27.3 Å². The summed E-state index contributed by atoms with van der Waals surface area (Å²) < 4.78 is 66.4. The third kappa shape index (κ3) is 4.17. The molecule has 0 radical (unpaired) electrons. The second-order valence-electron chi connectivity index (χ2n) is 6.22. The highest BCUT2D eigenvalue weighted by Crippen LogP contribution is 2.34. The molecule has 1 N–H and O–H groups in total. The Hall–Kier alpha value is -1.91. The van der Waals surface area contributed by atoms with E-state index < -0.39 is 38.6 Å². The van der Waals surface area contributed by atoms with Gasteiger partial charge in [0.25, 0.3) is 0 Å². The van der Waals surface area contributed by atoms with E-state index in [2.05, 4.69) is 4.72 Å². The molecule has 1 aromatic heterocycles. The SMILES string of the molecule is C[C@H](NS(=O)(=O)c1ccccc1C(F)(F)F)C(=O)N1CCc2sccc2C1. The maximum Gasteiger partial charge on any atom is 0.417 e. The van der Waals surface area contributed by atoms with E-state index in [0.29, 0.717) is 25.6 Å². The first-order valence-corrected chi connectivity index (χ1v) is 10.5. The predicted molar refractivity (Wildman–Crippen MR) is 94.7 cm³/mol. The fourth-order valence-electron chi connectivity index (χ4n) is 2.99. The van der Waals surface area contributed by atoms with Gasteiger partial charge in [-0.15, -0.1) is 11.3 Å². The molecule has 0 fully saturated rings. The number of carbonyl (C=O) groups is 1. The van der Waals surface area contributed by atoms with Gasteiger partial charge in [-0.05, 0) is 42.5 Å². The summed E-state index contributed by atoms with van der Waals surface area (Å²) in [4.78, 5) is 14.4. The highest BCUT2D eigenvalue weighted by Gasteiger charge is 2.38. The van der Waals surface area contributed by atoms with Gasteiger partial charge >= 0.3 is 6.18 Å². The van der Waals surface area contributed by atoms with Gasteiger partial charge in [0.15, 0.2) is 0 Å². The van der Waals surface area contributed by atoms with E-state index >= 15 is 0 Å². The Bertz CT molecular complexity index is 954. The van der Waals surface area contributed by atoms with Crippen LogP contribution in [0.3, 0.4) is 0 Å². The number of sulfonamides is 1. The molecule has 0 aliphatic carbocycles. The fraction of sp³-hybridized carbons (Fsp3) is 0.353. The minimum atomic E-state index is -4.82. The third-order valence-electron chi connectivity index (χ3n) is 4.30. The van der Waals surface area contributed by atoms with Crippen LogP contribution in [0.2, 0.25) is 0 Å². The van der Waals surface area contributed by atoms with Crippen LogP contribution in [-0.4, -0.2) is 31.8 Å². The van der Waals surface area contributed by atoms with Crippen molar-refractivity contribution < 1.29 is 26.4 Å². The molecule has 146 valence electrons. The van der Waals surface area contributed by atoms with Crippen molar-refractivity contribution in [2.24, 2.45) is 0 Å². The molecule has 0 unspecified atom stereocenters. The van der Waals surface area contributed by atoms with Crippen LogP contribution in [-0.2, 0) is 34.0 Å². The van der Waals surface area contributed by atoms with Crippen LogP contribution in [0.25, 0.3) is 0 Å². The van der Waals surface area contributed by atoms with Gasteiger partial charge in [-0.25, -0.2) is 8.42 Å². The van der Waals surface area contributed by atoms with E-state index in [9.17, 15) is 26.4 Å². The van der Waals surface area contributed by atoms with Crippen molar-refractivity contribution in [1.29, 1.82) is 0 Å². The number of amides is 1. The van der Waals surface area contributed by atoms with Gasteiger partial charge in [-0.3, -0.25) is 4.79 Å². The number of benzene rings is 1. The molecule has 1 aliphatic heterocycles. The average molecular weight is 418 g/mol. The summed E-state index contributed by atoms with van der Waals surface area (Å²) in [6.07, 6.45) is -4.14. The molecule has 1 atom stereocenters. The Morgan fingerprint density at radius 2 is 1.96 bits per heavy atom. The summed E-state index contributed by atoms with van der Waals surface area (Å²) in [5.74, 6) is -0.472. The lowest BCUT2D eigenvalue weighted by Gasteiger charge is -2.29. The van der Waals surface area contributed by atoms with E-state index in [-0.39, 0.29) is 0 Å². The molecule has 1 aromatic carbocycles. The van der Waals surface area contributed by atoms with Crippen LogP contribution in [0.15, 0.2) is 40.6 Å². The van der Waals surface area contributed by atoms with E-state index in [1.807, 2.05) is 11.4 Å². The molecule has 2 heterocycles. The van der Waals surface area contributed by atoms with Gasteiger partial charge in [0.2, 0.25) is 15.9 Å². The summed E-state index contributed by atoms with van der Waals surface area (Å²) in [7, 11) is -4.52. The molecule has 27 heavy (non-hydrogen) atoms. The van der Waals surface area contributed by atoms with Gasteiger partial charge in [-0.2, -0.15) is 17.9 Å². The van der Waals surface area contributed by atoms with Gasteiger partial charge < -0.3 is 4.90 Å². The van der Waals surface area contributed by atoms with Crippen LogP contribution in [0.4, 0.5) is 13.2 Å². The Kier molecular flexibility index (Phi) is 5.33. The highest BCUT2D eigenvalue weighted by molar-refractivity contribution is 7.89. The number of carbonyl (C=O) groups excluding carboxylic acids is 1. The number of thiophene rings is 1. The van der Waals surface area contributed by atoms with Crippen molar-refractivity contribution in [3.8, 4) is 0 Å². The van der Waals surface area contributed by atoms with Crippen molar-refractivity contribution in [3.05, 3.63) is 51.7 Å². The van der Waals surface area contributed by atoms with Crippen LogP contribution >= 0.6 is 11.3 Å². The van der Waals surface area contributed by atoms with Crippen LogP contribution in [0, 0.1) is 0 Å². The van der Waals surface area contributed by atoms with Crippen molar-refractivity contribution in [2.75, 3.05) is 6.54 Å². The first kappa shape index (κ1) is 19.8. The average Bonchev–Trinajstić information content (AvgIpc) is 3.07. The van der Waals surface area contributed by atoms with E-state index in [1.165, 1.54) is 22.8 Å². The summed E-state index contributed by atoms with van der Waals surface area (Å²) in [6.45, 7) is 2.14. The smallest absolute Gasteiger partial charge is 0.337 e. The summed E-state index contributed by atoms with van der Waals surface area (Å²) in [5, 5.41) is 1.93. The monoisotopic (exact) mass is 418 g/mol.